The minimum absolute atomic E-state index is 0. The Labute approximate surface area is 75.8 Å². The van der Waals surface area contributed by atoms with Gasteiger partial charge in [-0.05, 0) is 0 Å². The molecule has 0 N–H and O–H groups in total. The van der Waals surface area contributed by atoms with Crippen LogP contribution in [0.5, 0.6) is 0 Å². The van der Waals surface area contributed by atoms with Gasteiger partial charge >= 0.3 is 0 Å². The first-order valence-electron chi connectivity index (χ1n) is 2.39. The van der Waals surface area contributed by atoms with Gasteiger partial charge in [0, 0.05) is 18.9 Å². The third kappa shape index (κ3) is 1.76. The summed E-state index contributed by atoms with van der Waals surface area (Å²) in [6.07, 6.45) is 0. The molecule has 1 heterocycles. The average molecular weight is 176 g/mol. The second-order valence-corrected chi connectivity index (χ2v) is 1.64. The number of aromatic nitrogens is 1. The van der Waals surface area contributed by atoms with Gasteiger partial charge in [0.05, 0.1) is 0 Å². The largest absolute Gasteiger partial charge is 0.254 e. The van der Waals surface area contributed by atoms with Crippen molar-refractivity contribution < 1.29 is 22.0 Å². The molecular formula is C5F5LiN. The van der Waals surface area contributed by atoms with Crippen molar-refractivity contribution in [1.82, 2.24) is 4.98 Å². The van der Waals surface area contributed by atoms with E-state index in [1.54, 1.807) is 0 Å². The van der Waals surface area contributed by atoms with Crippen LogP contribution in [0, 0.1) is 29.3 Å². The first-order chi connectivity index (χ1) is 5.04. The van der Waals surface area contributed by atoms with Gasteiger partial charge in [-0.2, -0.15) is 22.5 Å². The van der Waals surface area contributed by atoms with Crippen molar-refractivity contribution in [1.29, 1.82) is 0 Å². The summed E-state index contributed by atoms with van der Waals surface area (Å²) in [5, 5.41) is 0. The Bertz CT molecular complexity index is 276. The molecule has 0 aliphatic carbocycles. The van der Waals surface area contributed by atoms with Gasteiger partial charge < -0.3 is 0 Å². The van der Waals surface area contributed by atoms with Crippen LogP contribution in [-0.4, -0.2) is 23.8 Å². The normalized spacial score (nSPS) is 9.42. The maximum Gasteiger partial charge on any atom is 0.254 e. The van der Waals surface area contributed by atoms with Crippen LogP contribution in [0.1, 0.15) is 0 Å². The molecule has 1 nitrogen and oxygen atoms in total. The molecule has 1 radical (unpaired) electrons. The average Bonchev–Trinajstić information content (AvgIpc) is 1.97. The number of hydrogen-bond donors (Lipinski definition) is 0. The maximum absolute atomic E-state index is 12.0. The molecule has 0 unspecified atom stereocenters. The molecule has 1 aromatic heterocycles. The second kappa shape index (κ2) is 3.87. The number of halogens is 5. The summed E-state index contributed by atoms with van der Waals surface area (Å²) in [6, 6.07) is 0. The van der Waals surface area contributed by atoms with Crippen LogP contribution in [-0.2, 0) is 0 Å². The molecule has 7 heteroatoms. The summed E-state index contributed by atoms with van der Waals surface area (Å²) in [5.41, 5.74) is 0. The quantitative estimate of drug-likeness (QED) is 0.330. The third-order valence-corrected chi connectivity index (χ3v) is 0.944. The van der Waals surface area contributed by atoms with Crippen LogP contribution < -0.4 is 0 Å². The van der Waals surface area contributed by atoms with Gasteiger partial charge in [0.15, 0.2) is 0 Å². The van der Waals surface area contributed by atoms with E-state index in [2.05, 4.69) is 4.98 Å². The van der Waals surface area contributed by atoms with Gasteiger partial charge in [-0.15, -0.1) is 0 Å². The Morgan fingerprint density at radius 2 is 1.00 bits per heavy atom. The fourth-order valence-corrected chi connectivity index (χ4v) is 0.462. The molecule has 1 aromatic rings. The minimum Gasteiger partial charge on any atom is -0.200 e. The number of pyridine rings is 1. The van der Waals surface area contributed by atoms with E-state index in [1.807, 2.05) is 0 Å². The molecular weight excluding hydrogens is 176 g/mol. The summed E-state index contributed by atoms with van der Waals surface area (Å²) in [7, 11) is 0. The van der Waals surface area contributed by atoms with Crippen LogP contribution in [0.15, 0.2) is 0 Å². The van der Waals surface area contributed by atoms with E-state index in [4.69, 9.17) is 0 Å². The van der Waals surface area contributed by atoms with Crippen molar-refractivity contribution in [2.45, 2.75) is 0 Å². The van der Waals surface area contributed by atoms with Crippen molar-refractivity contribution in [3.05, 3.63) is 29.3 Å². The molecule has 61 valence electrons. The zero-order chi connectivity index (χ0) is 8.59. The minimum atomic E-state index is -2.20. The van der Waals surface area contributed by atoms with E-state index in [0.717, 1.165) is 0 Å². The number of nitrogens with zero attached hydrogens (tertiary/aromatic N) is 1. The standard InChI is InChI=1S/C5F5N.Li/c6-1-2(7)4(9)11-5(10)3(1)8;. The van der Waals surface area contributed by atoms with E-state index in [-0.39, 0.29) is 18.9 Å². The van der Waals surface area contributed by atoms with Gasteiger partial charge in [0.1, 0.15) is 0 Å². The molecule has 0 saturated heterocycles. The smallest absolute Gasteiger partial charge is 0.200 e. The predicted octanol–water partition coefficient (Wildman–Crippen LogP) is 1.40. The topological polar surface area (TPSA) is 12.9 Å². The Morgan fingerprint density at radius 1 is 0.667 bits per heavy atom. The van der Waals surface area contributed by atoms with Crippen LogP contribution in [0.25, 0.3) is 0 Å². The third-order valence-electron chi connectivity index (χ3n) is 0.944. The zero-order valence-electron chi connectivity index (χ0n) is 5.84. The van der Waals surface area contributed by atoms with Crippen LogP contribution in [0.4, 0.5) is 22.0 Å². The number of rotatable bonds is 0. The predicted molar refractivity (Wildman–Crippen MR) is 29.8 cm³/mol. The van der Waals surface area contributed by atoms with E-state index in [9.17, 15) is 22.0 Å². The summed E-state index contributed by atoms with van der Waals surface area (Å²) in [4.78, 5) is 2.11. The summed E-state index contributed by atoms with van der Waals surface area (Å²) < 4.78 is 59.7. The van der Waals surface area contributed by atoms with Crippen molar-refractivity contribution in [3.8, 4) is 0 Å². The van der Waals surface area contributed by atoms with Gasteiger partial charge in [-0.1, -0.05) is 0 Å². The molecule has 1 rings (SSSR count). The Kier molecular flexibility index (Phi) is 3.68. The van der Waals surface area contributed by atoms with Crippen molar-refractivity contribution in [3.63, 3.8) is 0 Å². The Balaban J connectivity index is 0.00000121. The van der Waals surface area contributed by atoms with Gasteiger partial charge in [-0.3, -0.25) is 0 Å². The van der Waals surface area contributed by atoms with E-state index in [1.165, 1.54) is 0 Å². The van der Waals surface area contributed by atoms with E-state index in [0.29, 0.717) is 0 Å². The first kappa shape index (κ1) is 11.4. The van der Waals surface area contributed by atoms with Crippen LogP contribution in [0.2, 0.25) is 0 Å². The Morgan fingerprint density at radius 3 is 1.33 bits per heavy atom. The molecule has 0 atom stereocenters. The zero-order valence-corrected chi connectivity index (χ0v) is 5.84. The summed E-state index contributed by atoms with van der Waals surface area (Å²) in [6.45, 7) is 0. The monoisotopic (exact) mass is 176 g/mol. The van der Waals surface area contributed by atoms with Crippen LogP contribution in [0.3, 0.4) is 0 Å². The van der Waals surface area contributed by atoms with Crippen LogP contribution >= 0.6 is 0 Å². The van der Waals surface area contributed by atoms with Gasteiger partial charge in [0.2, 0.25) is 17.5 Å². The molecule has 0 fully saturated rings. The van der Waals surface area contributed by atoms with Gasteiger partial charge in [-0.25, -0.2) is 4.39 Å². The SMILES string of the molecule is Fc1nc(F)c(F)c(F)c1F.[Li]. The molecule has 0 aliphatic heterocycles. The molecule has 0 bridgehead atoms. The number of hydrogen-bond acceptors (Lipinski definition) is 1. The van der Waals surface area contributed by atoms with Crippen molar-refractivity contribution in [2.75, 3.05) is 0 Å². The van der Waals surface area contributed by atoms with E-state index >= 15 is 0 Å². The van der Waals surface area contributed by atoms with Crippen molar-refractivity contribution >= 4 is 18.9 Å². The maximum atomic E-state index is 12.0. The molecule has 0 saturated carbocycles. The molecule has 0 spiro atoms. The van der Waals surface area contributed by atoms with E-state index < -0.39 is 29.3 Å². The molecule has 0 aliphatic rings. The van der Waals surface area contributed by atoms with Gasteiger partial charge in [0.25, 0.3) is 11.9 Å². The summed E-state index contributed by atoms with van der Waals surface area (Å²) >= 11 is 0. The second-order valence-electron chi connectivity index (χ2n) is 1.64. The Hall–Kier alpha value is -0.603. The fraction of sp³-hybridized carbons (Fsp3) is 0. The van der Waals surface area contributed by atoms with Crippen molar-refractivity contribution in [2.24, 2.45) is 0 Å². The first-order valence-corrected chi connectivity index (χ1v) is 2.39. The summed E-state index contributed by atoms with van der Waals surface area (Å²) in [5.74, 6) is -10.4. The molecule has 0 amide bonds. The fourth-order valence-electron chi connectivity index (χ4n) is 0.462. The molecule has 12 heavy (non-hydrogen) atoms. The molecule has 0 aromatic carbocycles.